The molecule has 0 unspecified atom stereocenters. The van der Waals surface area contributed by atoms with Gasteiger partial charge in [-0.1, -0.05) is 110 Å². The third-order valence-electron chi connectivity index (χ3n) is 5.29. The Bertz CT molecular complexity index is 242. The summed E-state index contributed by atoms with van der Waals surface area (Å²) < 4.78 is 5.68. The monoisotopic (exact) mass is 369 g/mol. The minimum Gasteiger partial charge on any atom is -0.381 e. The molecule has 0 N–H and O–H groups in total. The van der Waals surface area contributed by atoms with Crippen LogP contribution in [0.4, 0.5) is 0 Å². The molecule has 0 atom stereocenters. The first-order valence-electron chi connectivity index (χ1n) is 12.0. The van der Waals surface area contributed by atoms with Gasteiger partial charge in [0.15, 0.2) is 0 Å². The van der Waals surface area contributed by atoms with Crippen LogP contribution < -0.4 is 0 Å². The van der Waals surface area contributed by atoms with E-state index < -0.39 is 0 Å². The van der Waals surface area contributed by atoms with Crippen molar-refractivity contribution in [2.45, 2.75) is 122 Å². The van der Waals surface area contributed by atoms with Gasteiger partial charge in [0, 0.05) is 13.2 Å². The summed E-state index contributed by atoms with van der Waals surface area (Å²) in [6, 6.07) is 0. The molecule has 0 aromatic heterocycles. The fraction of sp³-hybridized carbons (Fsp3) is 1.00. The predicted octanol–water partition coefficient (Wildman–Crippen LogP) is 7.61. The second kappa shape index (κ2) is 23.0. The average Bonchev–Trinajstić information content (AvgIpc) is 2.62. The Hall–Kier alpha value is -0.0800. The summed E-state index contributed by atoms with van der Waals surface area (Å²) >= 11 is 0. The molecule has 0 spiro atoms. The van der Waals surface area contributed by atoms with Crippen LogP contribution in [0.2, 0.25) is 0 Å². The first-order chi connectivity index (χ1) is 12.8. The summed E-state index contributed by atoms with van der Waals surface area (Å²) in [5, 5.41) is 0. The highest BCUT2D eigenvalue weighted by Gasteiger charge is 1.95. The highest BCUT2D eigenvalue weighted by atomic mass is 16.5. The lowest BCUT2D eigenvalue weighted by Gasteiger charge is -2.09. The molecule has 0 aliphatic carbocycles. The smallest absolute Gasteiger partial charge is 0.0478 e. The lowest BCUT2D eigenvalue weighted by molar-refractivity contribution is 0.122. The van der Waals surface area contributed by atoms with Crippen LogP contribution in [0.25, 0.3) is 0 Å². The molecule has 2 nitrogen and oxygen atoms in total. The zero-order valence-corrected chi connectivity index (χ0v) is 18.7. The molecule has 0 saturated heterocycles. The molecule has 158 valence electrons. The SMILES string of the molecule is CCCCCCCCCCCCCCCCCCCOCCCN(C)C. The topological polar surface area (TPSA) is 12.5 Å². The number of hydrogen-bond donors (Lipinski definition) is 0. The maximum atomic E-state index is 5.68. The Morgan fingerprint density at radius 3 is 1.19 bits per heavy atom. The molecule has 0 aliphatic heterocycles. The molecule has 0 aromatic carbocycles. The third-order valence-corrected chi connectivity index (χ3v) is 5.29. The molecular weight excluding hydrogens is 318 g/mol. The van der Waals surface area contributed by atoms with Crippen LogP contribution in [0, 0.1) is 0 Å². The van der Waals surface area contributed by atoms with Crippen molar-refractivity contribution in [2.75, 3.05) is 33.9 Å². The van der Waals surface area contributed by atoms with Gasteiger partial charge in [0.1, 0.15) is 0 Å². The van der Waals surface area contributed by atoms with Crippen molar-refractivity contribution < 1.29 is 4.74 Å². The molecule has 0 bridgehead atoms. The number of nitrogens with zero attached hydrogens (tertiary/aromatic N) is 1. The van der Waals surface area contributed by atoms with E-state index in [4.69, 9.17) is 4.74 Å². The minimum atomic E-state index is 0.928. The molecule has 0 heterocycles. The van der Waals surface area contributed by atoms with Crippen molar-refractivity contribution in [3.05, 3.63) is 0 Å². The Labute approximate surface area is 166 Å². The fourth-order valence-corrected chi connectivity index (χ4v) is 3.51. The van der Waals surface area contributed by atoms with E-state index in [1.165, 1.54) is 109 Å². The number of hydrogen-bond acceptors (Lipinski definition) is 2. The van der Waals surface area contributed by atoms with Crippen molar-refractivity contribution in [3.8, 4) is 0 Å². The van der Waals surface area contributed by atoms with Crippen molar-refractivity contribution in [1.82, 2.24) is 4.90 Å². The van der Waals surface area contributed by atoms with E-state index in [0.29, 0.717) is 0 Å². The average molecular weight is 370 g/mol. The van der Waals surface area contributed by atoms with E-state index in [-0.39, 0.29) is 0 Å². The number of ether oxygens (including phenoxy) is 1. The van der Waals surface area contributed by atoms with Crippen LogP contribution >= 0.6 is 0 Å². The largest absolute Gasteiger partial charge is 0.381 e. The molecule has 0 aromatic rings. The van der Waals surface area contributed by atoms with Gasteiger partial charge in [0.2, 0.25) is 0 Å². The quantitative estimate of drug-likeness (QED) is 0.182. The Kier molecular flexibility index (Phi) is 22.9. The van der Waals surface area contributed by atoms with Crippen LogP contribution in [0.5, 0.6) is 0 Å². The van der Waals surface area contributed by atoms with E-state index >= 15 is 0 Å². The zero-order valence-electron chi connectivity index (χ0n) is 18.7. The second-order valence-corrected chi connectivity index (χ2v) is 8.43. The fourth-order valence-electron chi connectivity index (χ4n) is 3.51. The van der Waals surface area contributed by atoms with Gasteiger partial charge in [-0.25, -0.2) is 0 Å². The normalized spacial score (nSPS) is 11.5. The van der Waals surface area contributed by atoms with E-state index in [0.717, 1.165) is 26.2 Å². The summed E-state index contributed by atoms with van der Waals surface area (Å²) in [5.41, 5.74) is 0. The third kappa shape index (κ3) is 23.9. The first-order valence-corrected chi connectivity index (χ1v) is 12.0. The zero-order chi connectivity index (χ0) is 19.1. The Balaban J connectivity index is 2.97. The van der Waals surface area contributed by atoms with E-state index in [9.17, 15) is 0 Å². The summed E-state index contributed by atoms with van der Waals surface area (Å²) in [7, 11) is 4.24. The molecular formula is C24H51NO. The van der Waals surface area contributed by atoms with Crippen LogP contribution in [0.15, 0.2) is 0 Å². The highest BCUT2D eigenvalue weighted by Crippen LogP contribution is 2.14. The van der Waals surface area contributed by atoms with Gasteiger partial charge >= 0.3 is 0 Å². The molecule has 0 amide bonds. The highest BCUT2D eigenvalue weighted by molar-refractivity contribution is 4.50. The summed E-state index contributed by atoms with van der Waals surface area (Å²) in [6.45, 7) is 5.33. The first kappa shape index (κ1) is 25.9. The van der Waals surface area contributed by atoms with E-state index in [1.807, 2.05) is 0 Å². The van der Waals surface area contributed by atoms with Gasteiger partial charge in [-0.2, -0.15) is 0 Å². The lowest BCUT2D eigenvalue weighted by Crippen LogP contribution is -2.14. The molecule has 0 radical (unpaired) electrons. The van der Waals surface area contributed by atoms with Gasteiger partial charge in [0.25, 0.3) is 0 Å². The maximum absolute atomic E-state index is 5.68. The second-order valence-electron chi connectivity index (χ2n) is 8.43. The molecule has 26 heavy (non-hydrogen) atoms. The summed E-state index contributed by atoms with van der Waals surface area (Å²) in [5.74, 6) is 0. The molecule has 0 aliphatic rings. The number of rotatable bonds is 22. The standard InChI is InChI=1S/C24H51NO/c1-4-5-6-7-8-9-10-11-12-13-14-15-16-17-18-19-20-23-26-24-21-22-25(2)3/h4-24H2,1-3H3. The molecule has 0 fully saturated rings. The Morgan fingerprint density at radius 2 is 0.808 bits per heavy atom. The lowest BCUT2D eigenvalue weighted by atomic mass is 10.0. The maximum Gasteiger partial charge on any atom is 0.0478 e. The van der Waals surface area contributed by atoms with Crippen LogP contribution in [-0.2, 0) is 4.74 Å². The number of unbranched alkanes of at least 4 members (excludes halogenated alkanes) is 16. The minimum absolute atomic E-state index is 0.928. The van der Waals surface area contributed by atoms with Crippen LogP contribution in [0.1, 0.15) is 122 Å². The summed E-state index contributed by atoms with van der Waals surface area (Å²) in [6.07, 6.45) is 25.5. The van der Waals surface area contributed by atoms with Crippen LogP contribution in [-0.4, -0.2) is 38.8 Å². The van der Waals surface area contributed by atoms with Crippen molar-refractivity contribution in [1.29, 1.82) is 0 Å². The molecule has 0 saturated carbocycles. The van der Waals surface area contributed by atoms with Gasteiger partial charge in [-0.05, 0) is 33.5 Å². The van der Waals surface area contributed by atoms with Gasteiger partial charge in [-0.15, -0.1) is 0 Å². The van der Waals surface area contributed by atoms with Gasteiger partial charge in [-0.3, -0.25) is 0 Å². The van der Waals surface area contributed by atoms with Crippen molar-refractivity contribution in [2.24, 2.45) is 0 Å². The molecule has 2 heteroatoms. The summed E-state index contributed by atoms with van der Waals surface area (Å²) in [4.78, 5) is 2.22. The van der Waals surface area contributed by atoms with Crippen molar-refractivity contribution >= 4 is 0 Å². The predicted molar refractivity (Wildman–Crippen MR) is 118 cm³/mol. The van der Waals surface area contributed by atoms with Gasteiger partial charge < -0.3 is 9.64 Å². The molecule has 0 rings (SSSR count). The van der Waals surface area contributed by atoms with Gasteiger partial charge in [0.05, 0.1) is 0 Å². The van der Waals surface area contributed by atoms with E-state index in [1.54, 1.807) is 0 Å². The van der Waals surface area contributed by atoms with Crippen molar-refractivity contribution in [3.63, 3.8) is 0 Å². The Morgan fingerprint density at radius 1 is 0.462 bits per heavy atom. The van der Waals surface area contributed by atoms with Crippen LogP contribution in [0.3, 0.4) is 0 Å². The van der Waals surface area contributed by atoms with E-state index in [2.05, 4.69) is 25.9 Å².